The molecule has 0 fully saturated rings. The molecule has 0 bridgehead atoms. The second kappa shape index (κ2) is 8.17. The van der Waals surface area contributed by atoms with E-state index >= 15 is 0 Å². The normalized spacial score (nSPS) is 11.5. The summed E-state index contributed by atoms with van der Waals surface area (Å²) in [5.41, 5.74) is 0.408. The number of nitrogens with one attached hydrogen (secondary N) is 2. The molecule has 3 aromatic carbocycles. The molecule has 4 aromatic rings. The zero-order valence-corrected chi connectivity index (χ0v) is 17.7. The van der Waals surface area contributed by atoms with Crippen LogP contribution in [0.4, 0.5) is 20.2 Å². The summed E-state index contributed by atoms with van der Waals surface area (Å²) < 4.78 is 62.9. The second-order valence-corrected chi connectivity index (χ2v) is 8.88. The van der Waals surface area contributed by atoms with Gasteiger partial charge in [-0.3, -0.25) is 9.52 Å². The van der Waals surface area contributed by atoms with Crippen LogP contribution in [0.3, 0.4) is 0 Å². The number of carbonyl (C=O) groups excluding carboxylic acids is 1. The van der Waals surface area contributed by atoms with E-state index in [0.29, 0.717) is 5.52 Å². The molecule has 0 atom stereocenters. The highest BCUT2D eigenvalue weighted by Gasteiger charge is 2.23. The quantitative estimate of drug-likeness (QED) is 0.432. The minimum absolute atomic E-state index is 0.00836. The first-order valence-electron chi connectivity index (χ1n) is 8.55. The first-order valence-corrected chi connectivity index (χ1v) is 11.1. The van der Waals surface area contributed by atoms with Gasteiger partial charge in [-0.05, 0) is 42.5 Å². The fourth-order valence-electron chi connectivity index (χ4n) is 2.77. The van der Waals surface area contributed by atoms with E-state index in [-0.39, 0.29) is 32.4 Å². The third-order valence-electron chi connectivity index (χ3n) is 4.19. The molecule has 2 N–H and O–H groups in total. The Bertz CT molecular complexity index is 1430. The number of anilines is 2. The van der Waals surface area contributed by atoms with E-state index < -0.39 is 27.6 Å². The van der Waals surface area contributed by atoms with Gasteiger partial charge in [0, 0.05) is 16.8 Å². The SMILES string of the molecule is O=C(Nc1ccc(F)c(F)c1)c1ccc(Cl)cc1NS(=O)(=O)c1cccc2nsnc12. The third kappa shape index (κ3) is 4.33. The molecule has 1 aromatic heterocycles. The molecule has 31 heavy (non-hydrogen) atoms. The van der Waals surface area contributed by atoms with E-state index in [1.165, 1.54) is 36.4 Å². The molecular weight excluding hydrogens is 470 g/mol. The van der Waals surface area contributed by atoms with E-state index in [9.17, 15) is 22.0 Å². The number of fused-ring (bicyclic) bond motifs is 1. The van der Waals surface area contributed by atoms with Gasteiger partial charge in [0.25, 0.3) is 15.9 Å². The van der Waals surface area contributed by atoms with Gasteiger partial charge in [-0.25, -0.2) is 17.2 Å². The van der Waals surface area contributed by atoms with Crippen molar-refractivity contribution in [3.05, 3.63) is 76.8 Å². The van der Waals surface area contributed by atoms with Crippen LogP contribution < -0.4 is 10.0 Å². The smallest absolute Gasteiger partial charge is 0.264 e. The average molecular weight is 481 g/mol. The van der Waals surface area contributed by atoms with Gasteiger partial charge in [-0.1, -0.05) is 17.7 Å². The molecule has 1 heterocycles. The van der Waals surface area contributed by atoms with Gasteiger partial charge in [0.15, 0.2) is 11.6 Å². The number of aromatic nitrogens is 2. The number of amides is 1. The Morgan fingerprint density at radius 1 is 1.00 bits per heavy atom. The van der Waals surface area contributed by atoms with Crippen LogP contribution in [0, 0.1) is 11.6 Å². The van der Waals surface area contributed by atoms with Gasteiger partial charge in [0.1, 0.15) is 15.9 Å². The Kier molecular flexibility index (Phi) is 5.56. The molecule has 0 aliphatic carbocycles. The van der Waals surface area contributed by atoms with E-state index in [1.807, 2.05) is 0 Å². The summed E-state index contributed by atoms with van der Waals surface area (Å²) in [6.07, 6.45) is 0. The lowest BCUT2D eigenvalue weighted by atomic mass is 10.1. The predicted octanol–water partition coefficient (Wildman–Crippen LogP) is 4.68. The fraction of sp³-hybridized carbons (Fsp3) is 0. The molecule has 0 unspecified atom stereocenters. The van der Waals surface area contributed by atoms with Crippen LogP contribution in [-0.4, -0.2) is 23.1 Å². The molecule has 158 valence electrons. The largest absolute Gasteiger partial charge is 0.322 e. The van der Waals surface area contributed by atoms with Crippen LogP contribution >= 0.6 is 23.3 Å². The Labute approximate surface area is 184 Å². The summed E-state index contributed by atoms with van der Waals surface area (Å²) in [5, 5.41) is 2.57. The lowest BCUT2D eigenvalue weighted by molar-refractivity contribution is 0.102. The van der Waals surface area contributed by atoms with Crippen molar-refractivity contribution in [1.29, 1.82) is 0 Å². The molecular formula is C19H11ClF2N4O3S2. The lowest BCUT2D eigenvalue weighted by Gasteiger charge is -2.14. The van der Waals surface area contributed by atoms with Crippen LogP contribution in [0.1, 0.15) is 10.4 Å². The maximum Gasteiger partial charge on any atom is 0.264 e. The summed E-state index contributed by atoms with van der Waals surface area (Å²) in [7, 11) is -4.16. The van der Waals surface area contributed by atoms with Crippen molar-refractivity contribution >= 4 is 61.7 Å². The van der Waals surface area contributed by atoms with Crippen LogP contribution in [0.15, 0.2) is 59.5 Å². The van der Waals surface area contributed by atoms with Crippen molar-refractivity contribution in [2.75, 3.05) is 10.0 Å². The Morgan fingerprint density at radius 2 is 1.81 bits per heavy atom. The molecule has 0 saturated heterocycles. The van der Waals surface area contributed by atoms with E-state index in [1.54, 1.807) is 6.07 Å². The average Bonchev–Trinajstić information content (AvgIpc) is 3.19. The number of carbonyl (C=O) groups is 1. The van der Waals surface area contributed by atoms with Gasteiger partial charge < -0.3 is 5.32 Å². The van der Waals surface area contributed by atoms with Crippen molar-refractivity contribution < 1.29 is 22.0 Å². The maximum atomic E-state index is 13.4. The van der Waals surface area contributed by atoms with E-state index in [0.717, 1.165) is 23.9 Å². The highest BCUT2D eigenvalue weighted by atomic mass is 35.5. The number of nitrogens with zero attached hydrogens (tertiary/aromatic N) is 2. The maximum absolute atomic E-state index is 13.4. The van der Waals surface area contributed by atoms with Crippen molar-refractivity contribution in [3.8, 4) is 0 Å². The fourth-order valence-corrected chi connectivity index (χ4v) is 4.78. The van der Waals surface area contributed by atoms with Gasteiger partial charge in [-0.2, -0.15) is 8.75 Å². The Hall–Kier alpha value is -3.15. The van der Waals surface area contributed by atoms with Crippen LogP contribution in [0.25, 0.3) is 11.0 Å². The Morgan fingerprint density at radius 3 is 2.58 bits per heavy atom. The zero-order chi connectivity index (χ0) is 22.2. The monoisotopic (exact) mass is 480 g/mol. The van der Waals surface area contributed by atoms with Crippen LogP contribution in [0.5, 0.6) is 0 Å². The molecule has 0 radical (unpaired) electrons. The molecule has 7 nitrogen and oxygen atoms in total. The number of benzene rings is 3. The summed E-state index contributed by atoms with van der Waals surface area (Å²) in [4.78, 5) is 12.6. The summed E-state index contributed by atoms with van der Waals surface area (Å²) in [5.74, 6) is -2.96. The molecule has 0 spiro atoms. The Balaban J connectivity index is 1.69. The second-order valence-electron chi connectivity index (χ2n) is 6.27. The van der Waals surface area contributed by atoms with E-state index in [4.69, 9.17) is 11.6 Å². The minimum Gasteiger partial charge on any atom is -0.322 e. The molecule has 12 heteroatoms. The highest BCUT2D eigenvalue weighted by Crippen LogP contribution is 2.28. The minimum atomic E-state index is -4.16. The molecule has 0 aliphatic rings. The van der Waals surface area contributed by atoms with Crippen molar-refractivity contribution in [2.45, 2.75) is 4.90 Å². The molecule has 0 saturated carbocycles. The van der Waals surface area contributed by atoms with Gasteiger partial charge in [-0.15, -0.1) is 0 Å². The standard InChI is InChI=1S/C19H11ClF2N4O3S2/c20-10-4-6-12(19(27)23-11-5-7-13(21)14(22)9-11)16(8-10)26-31(28,29)17-3-1-2-15-18(17)25-30-24-15/h1-9,26H,(H,23,27). The van der Waals surface area contributed by atoms with Gasteiger partial charge in [0.2, 0.25) is 0 Å². The first-order chi connectivity index (χ1) is 14.7. The number of sulfonamides is 1. The number of hydrogen-bond acceptors (Lipinski definition) is 6. The summed E-state index contributed by atoms with van der Waals surface area (Å²) in [6.45, 7) is 0. The van der Waals surface area contributed by atoms with E-state index in [2.05, 4.69) is 18.8 Å². The summed E-state index contributed by atoms with van der Waals surface area (Å²) in [6, 6.07) is 11.3. The predicted molar refractivity (Wildman–Crippen MR) is 114 cm³/mol. The van der Waals surface area contributed by atoms with Crippen molar-refractivity contribution in [1.82, 2.24) is 8.75 Å². The first kappa shape index (κ1) is 21.1. The van der Waals surface area contributed by atoms with Crippen molar-refractivity contribution in [2.24, 2.45) is 0 Å². The topological polar surface area (TPSA) is 101 Å². The van der Waals surface area contributed by atoms with Crippen LogP contribution in [0.2, 0.25) is 5.02 Å². The molecule has 0 aliphatic heterocycles. The number of rotatable bonds is 5. The molecule has 4 rings (SSSR count). The van der Waals surface area contributed by atoms with Gasteiger partial charge >= 0.3 is 0 Å². The van der Waals surface area contributed by atoms with Gasteiger partial charge in [0.05, 0.1) is 23.0 Å². The van der Waals surface area contributed by atoms with Crippen molar-refractivity contribution in [3.63, 3.8) is 0 Å². The summed E-state index contributed by atoms with van der Waals surface area (Å²) >= 11 is 6.86. The number of halogens is 3. The van der Waals surface area contributed by atoms with Crippen LogP contribution in [-0.2, 0) is 10.0 Å². The molecule has 1 amide bonds. The number of hydrogen-bond donors (Lipinski definition) is 2. The third-order valence-corrected chi connectivity index (χ3v) is 6.36. The lowest BCUT2D eigenvalue weighted by Crippen LogP contribution is -2.19. The zero-order valence-electron chi connectivity index (χ0n) is 15.3. The highest BCUT2D eigenvalue weighted by molar-refractivity contribution is 7.93.